The summed E-state index contributed by atoms with van der Waals surface area (Å²) in [6.45, 7) is 4.02. The van der Waals surface area contributed by atoms with Crippen molar-refractivity contribution in [1.82, 2.24) is 19.7 Å². The SMILES string of the molecule is CC(C)c1ccc(O)c(-c2n[nH]c(=O)n2C(=O)c2ccc(N(C)C)nc2)c1. The van der Waals surface area contributed by atoms with Gasteiger partial charge in [0.25, 0.3) is 5.91 Å². The number of carbonyl (C=O) groups is 1. The highest BCUT2D eigenvalue weighted by atomic mass is 16.3. The van der Waals surface area contributed by atoms with Crippen LogP contribution in [0.4, 0.5) is 5.82 Å². The number of aromatic nitrogens is 4. The van der Waals surface area contributed by atoms with E-state index in [1.807, 2.05) is 27.9 Å². The Hall–Kier alpha value is -3.42. The van der Waals surface area contributed by atoms with Crippen molar-refractivity contribution in [3.05, 3.63) is 58.1 Å². The predicted molar refractivity (Wildman–Crippen MR) is 102 cm³/mol. The molecule has 2 aromatic heterocycles. The van der Waals surface area contributed by atoms with Gasteiger partial charge in [0.2, 0.25) is 0 Å². The fourth-order valence-electron chi connectivity index (χ4n) is 2.66. The second kappa shape index (κ2) is 7.06. The highest BCUT2D eigenvalue weighted by Crippen LogP contribution is 2.30. The fraction of sp³-hybridized carbons (Fsp3) is 0.263. The second-order valence-electron chi connectivity index (χ2n) is 6.72. The highest BCUT2D eigenvalue weighted by molar-refractivity contribution is 5.98. The van der Waals surface area contributed by atoms with E-state index in [9.17, 15) is 14.7 Å². The lowest BCUT2D eigenvalue weighted by Crippen LogP contribution is -2.26. The van der Waals surface area contributed by atoms with Crippen molar-refractivity contribution in [3.63, 3.8) is 0 Å². The summed E-state index contributed by atoms with van der Waals surface area (Å²) in [7, 11) is 3.68. The van der Waals surface area contributed by atoms with E-state index in [1.165, 1.54) is 12.3 Å². The molecule has 0 spiro atoms. The first-order valence-electron chi connectivity index (χ1n) is 8.48. The summed E-state index contributed by atoms with van der Waals surface area (Å²) in [5.74, 6) is 0.321. The lowest BCUT2D eigenvalue weighted by atomic mass is 10.00. The van der Waals surface area contributed by atoms with Gasteiger partial charge in [-0.25, -0.2) is 19.4 Å². The molecule has 1 aromatic carbocycles. The van der Waals surface area contributed by atoms with Crippen molar-refractivity contribution in [2.45, 2.75) is 19.8 Å². The van der Waals surface area contributed by atoms with Crippen molar-refractivity contribution in [2.24, 2.45) is 0 Å². The van der Waals surface area contributed by atoms with Gasteiger partial charge in [0, 0.05) is 20.3 Å². The molecule has 0 bridgehead atoms. The maximum Gasteiger partial charge on any atom is 0.350 e. The molecular formula is C19H21N5O3. The second-order valence-corrected chi connectivity index (χ2v) is 6.72. The predicted octanol–water partition coefficient (Wildman–Crippen LogP) is 2.22. The van der Waals surface area contributed by atoms with E-state index < -0.39 is 11.6 Å². The number of hydrogen-bond donors (Lipinski definition) is 2. The molecule has 0 saturated heterocycles. The third-order valence-electron chi connectivity index (χ3n) is 4.26. The van der Waals surface area contributed by atoms with Gasteiger partial charge in [-0.2, -0.15) is 5.10 Å². The van der Waals surface area contributed by atoms with Crippen LogP contribution in [0.3, 0.4) is 0 Å². The molecule has 8 nitrogen and oxygen atoms in total. The van der Waals surface area contributed by atoms with Crippen molar-refractivity contribution in [2.75, 3.05) is 19.0 Å². The molecule has 0 aliphatic heterocycles. The molecular weight excluding hydrogens is 346 g/mol. The molecule has 0 saturated carbocycles. The molecule has 3 rings (SSSR count). The van der Waals surface area contributed by atoms with E-state index in [0.717, 1.165) is 10.1 Å². The molecule has 0 aliphatic carbocycles. The number of aromatic hydroxyl groups is 1. The Morgan fingerprint density at radius 3 is 2.56 bits per heavy atom. The quantitative estimate of drug-likeness (QED) is 0.733. The lowest BCUT2D eigenvalue weighted by Gasteiger charge is -2.12. The highest BCUT2D eigenvalue weighted by Gasteiger charge is 2.22. The third kappa shape index (κ3) is 3.46. The van der Waals surface area contributed by atoms with Crippen LogP contribution in [0.25, 0.3) is 11.4 Å². The Bertz CT molecular complexity index is 1030. The van der Waals surface area contributed by atoms with Gasteiger partial charge < -0.3 is 10.0 Å². The summed E-state index contributed by atoms with van der Waals surface area (Å²) in [5, 5.41) is 16.5. The Morgan fingerprint density at radius 2 is 1.96 bits per heavy atom. The Labute approximate surface area is 156 Å². The van der Waals surface area contributed by atoms with E-state index in [4.69, 9.17) is 0 Å². The molecule has 8 heteroatoms. The third-order valence-corrected chi connectivity index (χ3v) is 4.26. The topological polar surface area (TPSA) is 104 Å². The number of pyridine rings is 1. The Kier molecular flexibility index (Phi) is 4.81. The molecule has 0 unspecified atom stereocenters. The number of benzene rings is 1. The molecule has 0 aliphatic rings. The van der Waals surface area contributed by atoms with Crippen LogP contribution in [-0.2, 0) is 0 Å². The van der Waals surface area contributed by atoms with Crippen LogP contribution in [-0.4, -0.2) is 44.9 Å². The van der Waals surface area contributed by atoms with E-state index in [1.54, 1.807) is 29.2 Å². The number of H-pyrrole nitrogens is 1. The first-order chi connectivity index (χ1) is 12.8. The lowest BCUT2D eigenvalue weighted by molar-refractivity contribution is 0.0957. The average Bonchev–Trinajstić information content (AvgIpc) is 3.02. The van der Waals surface area contributed by atoms with Crippen molar-refractivity contribution in [3.8, 4) is 17.1 Å². The number of hydrogen-bond acceptors (Lipinski definition) is 6. The van der Waals surface area contributed by atoms with Crippen molar-refractivity contribution in [1.29, 1.82) is 0 Å². The van der Waals surface area contributed by atoms with Crippen LogP contribution < -0.4 is 10.6 Å². The number of phenolic OH excluding ortho intramolecular Hbond substituents is 1. The molecule has 140 valence electrons. The smallest absolute Gasteiger partial charge is 0.350 e. The van der Waals surface area contributed by atoms with Gasteiger partial charge in [-0.15, -0.1) is 0 Å². The minimum absolute atomic E-state index is 0.0571. The summed E-state index contributed by atoms with van der Waals surface area (Å²) in [5.41, 5.74) is 0.825. The van der Waals surface area contributed by atoms with Gasteiger partial charge in [-0.05, 0) is 35.7 Å². The van der Waals surface area contributed by atoms with Crippen LogP contribution in [0.15, 0.2) is 41.3 Å². The van der Waals surface area contributed by atoms with Crippen LogP contribution in [0.2, 0.25) is 0 Å². The largest absolute Gasteiger partial charge is 0.507 e. The first-order valence-corrected chi connectivity index (χ1v) is 8.48. The monoisotopic (exact) mass is 367 g/mol. The standard InChI is InChI=1S/C19H21N5O3/c1-11(2)12-5-7-15(25)14(9-12)17-21-22-19(27)24(17)18(26)13-6-8-16(20-10-13)23(3)4/h5-11,25H,1-4H3,(H,22,27). The summed E-state index contributed by atoms with van der Waals surface area (Å²) in [6, 6.07) is 8.34. The van der Waals surface area contributed by atoms with E-state index in [-0.39, 0.29) is 23.1 Å². The number of anilines is 1. The summed E-state index contributed by atoms with van der Waals surface area (Å²) < 4.78 is 0.908. The van der Waals surface area contributed by atoms with Crippen LogP contribution in [0.5, 0.6) is 5.75 Å². The molecule has 0 atom stereocenters. The Balaban J connectivity index is 2.09. The molecule has 0 fully saturated rings. The zero-order valence-corrected chi connectivity index (χ0v) is 15.6. The number of aromatic amines is 1. The minimum atomic E-state index is -0.680. The van der Waals surface area contributed by atoms with Gasteiger partial charge in [-0.3, -0.25) is 4.79 Å². The number of carbonyl (C=O) groups excluding carboxylic acids is 1. The summed E-state index contributed by atoms with van der Waals surface area (Å²) in [6.07, 6.45) is 1.41. The normalized spacial score (nSPS) is 11.0. The fourth-order valence-corrected chi connectivity index (χ4v) is 2.66. The van der Waals surface area contributed by atoms with Crippen molar-refractivity contribution >= 4 is 11.7 Å². The first kappa shape index (κ1) is 18.4. The average molecular weight is 367 g/mol. The van der Waals surface area contributed by atoms with Gasteiger partial charge in [0.15, 0.2) is 5.82 Å². The van der Waals surface area contributed by atoms with Gasteiger partial charge in [-0.1, -0.05) is 19.9 Å². The van der Waals surface area contributed by atoms with Gasteiger partial charge in [0.1, 0.15) is 11.6 Å². The molecule has 2 heterocycles. The van der Waals surface area contributed by atoms with E-state index in [2.05, 4.69) is 15.2 Å². The van der Waals surface area contributed by atoms with E-state index >= 15 is 0 Å². The van der Waals surface area contributed by atoms with E-state index in [0.29, 0.717) is 11.4 Å². The maximum atomic E-state index is 12.9. The molecule has 0 radical (unpaired) electrons. The van der Waals surface area contributed by atoms with Crippen LogP contribution in [0, 0.1) is 0 Å². The molecule has 3 aromatic rings. The van der Waals surface area contributed by atoms with Crippen LogP contribution >= 0.6 is 0 Å². The number of nitrogens with one attached hydrogen (secondary N) is 1. The van der Waals surface area contributed by atoms with Crippen molar-refractivity contribution < 1.29 is 9.90 Å². The number of phenols is 1. The molecule has 0 amide bonds. The molecule has 2 N–H and O–H groups in total. The summed E-state index contributed by atoms with van der Waals surface area (Å²) in [4.78, 5) is 31.2. The zero-order chi connectivity index (χ0) is 19.7. The number of nitrogens with zero attached hydrogens (tertiary/aromatic N) is 4. The Morgan fingerprint density at radius 1 is 1.22 bits per heavy atom. The van der Waals surface area contributed by atoms with Gasteiger partial charge >= 0.3 is 5.69 Å². The van der Waals surface area contributed by atoms with Gasteiger partial charge in [0.05, 0.1) is 11.1 Å². The minimum Gasteiger partial charge on any atom is -0.507 e. The van der Waals surface area contributed by atoms with Crippen LogP contribution in [0.1, 0.15) is 35.7 Å². The molecule has 27 heavy (non-hydrogen) atoms. The maximum absolute atomic E-state index is 12.9. The summed E-state index contributed by atoms with van der Waals surface area (Å²) >= 11 is 0. The number of rotatable bonds is 4. The zero-order valence-electron chi connectivity index (χ0n) is 15.6.